The number of rotatable bonds is 9. The Balaban J connectivity index is 1.60. The van der Waals surface area contributed by atoms with Crippen molar-refractivity contribution in [1.82, 2.24) is 14.1 Å². The van der Waals surface area contributed by atoms with Crippen LogP contribution in [0.15, 0.2) is 30.6 Å². The third-order valence-electron chi connectivity index (χ3n) is 3.31. The smallest absolute Gasteiger partial charge is 0.479 e. The Morgan fingerprint density at radius 1 is 1.17 bits per heavy atom. The van der Waals surface area contributed by atoms with E-state index in [0.717, 1.165) is 18.5 Å². The van der Waals surface area contributed by atoms with Crippen LogP contribution in [-0.2, 0) is 10.0 Å². The summed E-state index contributed by atoms with van der Waals surface area (Å²) in [6.07, 6.45) is 5.86. The number of halogens is 3. The molecular formula is C14H18F3N3O3S. The minimum Gasteiger partial charge on any atom is -0.479 e. The molecule has 10 heteroatoms. The predicted octanol–water partition coefficient (Wildman–Crippen LogP) is 2.71. The van der Waals surface area contributed by atoms with Crippen LogP contribution in [0, 0.1) is 0 Å². The minimum atomic E-state index is -5.25. The van der Waals surface area contributed by atoms with E-state index in [0.29, 0.717) is 25.3 Å². The van der Waals surface area contributed by atoms with Gasteiger partial charge >= 0.3 is 15.5 Å². The summed E-state index contributed by atoms with van der Waals surface area (Å²) in [5.74, 6) is 0.669. The number of nitrogens with zero attached hydrogens (tertiary/aromatic N) is 2. The molecule has 0 amide bonds. The van der Waals surface area contributed by atoms with E-state index in [2.05, 4.69) is 4.98 Å². The van der Waals surface area contributed by atoms with E-state index in [4.69, 9.17) is 4.74 Å². The molecule has 0 radical (unpaired) electrons. The molecule has 0 unspecified atom stereocenters. The molecular weight excluding hydrogens is 347 g/mol. The average Bonchev–Trinajstić information content (AvgIpc) is 2.98. The van der Waals surface area contributed by atoms with E-state index in [1.165, 1.54) is 4.72 Å². The second kappa shape index (κ2) is 7.84. The van der Waals surface area contributed by atoms with Crippen molar-refractivity contribution in [3.05, 3.63) is 30.6 Å². The fourth-order valence-corrected chi connectivity index (χ4v) is 2.66. The molecule has 1 N–H and O–H groups in total. The van der Waals surface area contributed by atoms with E-state index in [1.54, 1.807) is 12.4 Å². The van der Waals surface area contributed by atoms with E-state index >= 15 is 0 Å². The first-order chi connectivity index (χ1) is 11.3. The molecule has 24 heavy (non-hydrogen) atoms. The maximum Gasteiger partial charge on any atom is 0.511 e. The van der Waals surface area contributed by atoms with Gasteiger partial charge in [0.2, 0.25) is 0 Å². The van der Waals surface area contributed by atoms with E-state index in [9.17, 15) is 21.6 Å². The Kier molecular flexibility index (Phi) is 6.05. The van der Waals surface area contributed by atoms with Gasteiger partial charge in [-0.25, -0.2) is 18.1 Å². The normalized spacial score (nSPS) is 12.6. The highest BCUT2D eigenvalue weighted by molar-refractivity contribution is 7.90. The van der Waals surface area contributed by atoms with E-state index in [1.807, 2.05) is 22.6 Å². The van der Waals surface area contributed by atoms with Gasteiger partial charge in [-0.15, -0.1) is 0 Å². The van der Waals surface area contributed by atoms with Gasteiger partial charge in [-0.1, -0.05) is 18.9 Å². The lowest BCUT2D eigenvalue weighted by Gasteiger charge is -2.09. The summed E-state index contributed by atoms with van der Waals surface area (Å²) in [5.41, 5.74) is -4.47. The van der Waals surface area contributed by atoms with Crippen LogP contribution in [-0.4, -0.2) is 36.5 Å². The summed E-state index contributed by atoms with van der Waals surface area (Å²) in [4.78, 5) is 4.14. The van der Waals surface area contributed by atoms with Gasteiger partial charge in [-0.2, -0.15) is 13.2 Å². The quantitative estimate of drug-likeness (QED) is 0.694. The van der Waals surface area contributed by atoms with E-state index in [-0.39, 0.29) is 6.54 Å². The number of fused-ring (bicyclic) bond motifs is 1. The largest absolute Gasteiger partial charge is 0.511 e. The molecule has 2 aromatic heterocycles. The Morgan fingerprint density at radius 3 is 2.67 bits per heavy atom. The van der Waals surface area contributed by atoms with Gasteiger partial charge in [-0.3, -0.25) is 4.40 Å². The van der Waals surface area contributed by atoms with Crippen LogP contribution in [0.4, 0.5) is 13.2 Å². The molecule has 0 saturated carbocycles. The van der Waals surface area contributed by atoms with Crippen LogP contribution in [0.25, 0.3) is 5.65 Å². The Bertz CT molecular complexity index is 759. The first kappa shape index (κ1) is 18.5. The molecule has 0 saturated heterocycles. The molecule has 0 spiro atoms. The molecule has 2 heterocycles. The summed E-state index contributed by atoms with van der Waals surface area (Å²) in [5, 5.41) is 0. The molecule has 2 aromatic rings. The van der Waals surface area contributed by atoms with Gasteiger partial charge in [0, 0.05) is 18.9 Å². The molecule has 0 aliphatic rings. The minimum absolute atomic E-state index is 0.225. The Morgan fingerprint density at radius 2 is 1.92 bits per heavy atom. The van der Waals surface area contributed by atoms with Crippen molar-refractivity contribution >= 4 is 15.7 Å². The van der Waals surface area contributed by atoms with Gasteiger partial charge in [0.1, 0.15) is 5.65 Å². The standard InChI is InChI=1S/C14H18F3N3O3S/c15-14(16,17)24(21,22)19-8-3-1-2-4-11-23-13-7-5-6-12-18-9-10-20(12)13/h5-7,9-10,19H,1-4,8,11H2. The molecule has 0 bridgehead atoms. The third kappa shape index (κ3) is 4.84. The number of hydrogen-bond donors (Lipinski definition) is 1. The van der Waals surface area contributed by atoms with Crippen molar-refractivity contribution in [2.24, 2.45) is 0 Å². The summed E-state index contributed by atoms with van der Waals surface area (Å²) in [7, 11) is -5.23. The number of aromatic nitrogens is 2. The van der Waals surface area contributed by atoms with Crippen LogP contribution >= 0.6 is 0 Å². The van der Waals surface area contributed by atoms with Crippen molar-refractivity contribution in [3.8, 4) is 5.88 Å². The van der Waals surface area contributed by atoms with Crippen LogP contribution in [0.1, 0.15) is 25.7 Å². The Labute approximate surface area is 137 Å². The summed E-state index contributed by atoms with van der Waals surface area (Å²) in [6.45, 7) is 0.239. The van der Waals surface area contributed by atoms with Gasteiger partial charge in [-0.05, 0) is 25.0 Å². The zero-order valence-corrected chi connectivity index (χ0v) is 13.6. The number of ether oxygens (including phenoxy) is 1. The monoisotopic (exact) mass is 365 g/mol. The molecule has 0 aromatic carbocycles. The molecule has 0 aliphatic heterocycles. The highest BCUT2D eigenvalue weighted by Crippen LogP contribution is 2.21. The van der Waals surface area contributed by atoms with Gasteiger partial charge < -0.3 is 4.74 Å². The van der Waals surface area contributed by atoms with Crippen molar-refractivity contribution in [3.63, 3.8) is 0 Å². The zero-order chi connectivity index (χ0) is 17.6. The van der Waals surface area contributed by atoms with Crippen LogP contribution in [0.3, 0.4) is 0 Å². The second-order valence-corrected chi connectivity index (χ2v) is 6.88. The highest BCUT2D eigenvalue weighted by atomic mass is 32.2. The first-order valence-electron chi connectivity index (χ1n) is 7.42. The average molecular weight is 365 g/mol. The summed E-state index contributed by atoms with van der Waals surface area (Å²) < 4.78 is 66.8. The summed E-state index contributed by atoms with van der Waals surface area (Å²) in [6, 6.07) is 5.51. The van der Waals surface area contributed by atoms with Crippen molar-refractivity contribution < 1.29 is 26.3 Å². The number of alkyl halides is 3. The second-order valence-electron chi connectivity index (χ2n) is 5.13. The molecule has 0 aliphatic carbocycles. The molecule has 0 fully saturated rings. The van der Waals surface area contributed by atoms with Crippen LogP contribution < -0.4 is 9.46 Å². The SMILES string of the molecule is O=S(=O)(NCCCCCCOc1cccc2nccn12)C(F)(F)F. The topological polar surface area (TPSA) is 72.7 Å². The lowest BCUT2D eigenvalue weighted by atomic mass is 10.2. The third-order valence-corrected chi connectivity index (χ3v) is 4.50. The fraction of sp³-hybridized carbons (Fsp3) is 0.500. The highest BCUT2D eigenvalue weighted by Gasteiger charge is 2.45. The fourth-order valence-electron chi connectivity index (χ4n) is 2.08. The van der Waals surface area contributed by atoms with Crippen LogP contribution in [0.5, 0.6) is 5.88 Å². The molecule has 134 valence electrons. The molecule has 6 nitrogen and oxygen atoms in total. The molecule has 2 rings (SSSR count). The molecule has 0 atom stereocenters. The van der Waals surface area contributed by atoms with Gasteiger partial charge in [0.15, 0.2) is 5.88 Å². The Hall–Kier alpha value is -1.81. The van der Waals surface area contributed by atoms with Gasteiger partial charge in [0.05, 0.1) is 6.61 Å². The van der Waals surface area contributed by atoms with Crippen molar-refractivity contribution in [1.29, 1.82) is 0 Å². The maximum absolute atomic E-state index is 12.1. The lowest BCUT2D eigenvalue weighted by Crippen LogP contribution is -2.36. The van der Waals surface area contributed by atoms with Crippen molar-refractivity contribution in [2.75, 3.05) is 13.2 Å². The summed E-state index contributed by atoms with van der Waals surface area (Å²) >= 11 is 0. The zero-order valence-electron chi connectivity index (χ0n) is 12.8. The van der Waals surface area contributed by atoms with Crippen molar-refractivity contribution in [2.45, 2.75) is 31.2 Å². The van der Waals surface area contributed by atoms with E-state index < -0.39 is 15.5 Å². The lowest BCUT2D eigenvalue weighted by molar-refractivity contribution is -0.0447. The van der Waals surface area contributed by atoms with Crippen LogP contribution in [0.2, 0.25) is 0 Å². The number of pyridine rings is 1. The first-order valence-corrected chi connectivity index (χ1v) is 8.90. The number of hydrogen-bond acceptors (Lipinski definition) is 4. The number of sulfonamides is 1. The van der Waals surface area contributed by atoms with Gasteiger partial charge in [0.25, 0.3) is 0 Å². The number of nitrogens with one attached hydrogen (secondary N) is 1. The predicted molar refractivity (Wildman–Crippen MR) is 82.1 cm³/mol. The maximum atomic E-state index is 12.1. The number of unbranched alkanes of at least 4 members (excludes halogenated alkanes) is 3. The number of imidazole rings is 1.